The molecule has 4 nitrogen and oxygen atoms in total. The molecule has 0 aliphatic carbocycles. The molecule has 0 saturated carbocycles. The third kappa shape index (κ3) is 3.73. The number of carbonyl (C=O) groups excluding carboxylic acids is 1. The van der Waals surface area contributed by atoms with Gasteiger partial charge < -0.3 is 10.2 Å². The number of nitrogens with zero attached hydrogens (tertiary/aromatic N) is 2. The van der Waals surface area contributed by atoms with E-state index in [0.717, 1.165) is 45.1 Å². The molecule has 1 N–H and O–H groups in total. The maximum atomic E-state index is 13.4. The molecular weight excluding hydrogens is 245 g/mol. The largest absolute Gasteiger partial charge is 0.349 e. The quantitative estimate of drug-likeness (QED) is 0.903. The number of hydrogen-bond donors (Lipinski definition) is 1. The van der Waals surface area contributed by atoms with Crippen molar-refractivity contribution in [3.05, 3.63) is 29.8 Å². The van der Waals surface area contributed by atoms with Crippen LogP contribution in [0.4, 0.5) is 4.39 Å². The van der Waals surface area contributed by atoms with Crippen molar-refractivity contribution in [3.63, 3.8) is 0 Å². The standard InChI is InChI=1S/C14H20FN3O/c1-2-7-18-8-4-11(5-9-18)17-14(19)12-3-6-16-10-13(12)15/h3,6,10-11H,2,4-5,7-9H2,1H3,(H,17,19). The van der Waals surface area contributed by atoms with Gasteiger partial charge in [0.05, 0.1) is 11.8 Å². The van der Waals surface area contributed by atoms with Crippen LogP contribution < -0.4 is 5.32 Å². The van der Waals surface area contributed by atoms with Gasteiger partial charge in [-0.2, -0.15) is 0 Å². The summed E-state index contributed by atoms with van der Waals surface area (Å²) in [5.41, 5.74) is 0.0750. The Kier molecular flexibility index (Phi) is 4.85. The second-order valence-corrected chi connectivity index (χ2v) is 4.94. The van der Waals surface area contributed by atoms with Crippen molar-refractivity contribution in [2.24, 2.45) is 0 Å². The Balaban J connectivity index is 1.86. The molecule has 5 heteroatoms. The molecule has 1 aliphatic rings. The third-order valence-corrected chi connectivity index (χ3v) is 3.48. The van der Waals surface area contributed by atoms with Crippen molar-refractivity contribution in [1.29, 1.82) is 0 Å². The van der Waals surface area contributed by atoms with Crippen LogP contribution in [0.1, 0.15) is 36.5 Å². The van der Waals surface area contributed by atoms with Gasteiger partial charge in [-0.15, -0.1) is 0 Å². The van der Waals surface area contributed by atoms with Crippen molar-refractivity contribution < 1.29 is 9.18 Å². The van der Waals surface area contributed by atoms with Crippen LogP contribution in [0.25, 0.3) is 0 Å². The van der Waals surface area contributed by atoms with Crippen LogP contribution in [0.15, 0.2) is 18.5 Å². The van der Waals surface area contributed by atoms with E-state index in [1.807, 2.05) is 0 Å². The number of rotatable bonds is 4. The number of halogens is 1. The van der Waals surface area contributed by atoms with E-state index >= 15 is 0 Å². The van der Waals surface area contributed by atoms with Crippen molar-refractivity contribution in [3.8, 4) is 0 Å². The molecular formula is C14H20FN3O. The molecule has 0 aromatic carbocycles. The van der Waals surface area contributed by atoms with Gasteiger partial charge in [0.25, 0.3) is 5.91 Å². The predicted octanol–water partition coefficient (Wildman–Crippen LogP) is 1.82. The minimum absolute atomic E-state index is 0.0750. The Bertz CT molecular complexity index is 430. The lowest BCUT2D eigenvalue weighted by Gasteiger charge is -2.32. The zero-order valence-corrected chi connectivity index (χ0v) is 11.2. The smallest absolute Gasteiger partial charge is 0.254 e. The highest BCUT2D eigenvalue weighted by atomic mass is 19.1. The molecule has 2 heterocycles. The molecule has 0 radical (unpaired) electrons. The average Bonchev–Trinajstić information content (AvgIpc) is 2.42. The summed E-state index contributed by atoms with van der Waals surface area (Å²) < 4.78 is 13.4. The first-order chi connectivity index (χ1) is 9.20. The Morgan fingerprint density at radius 1 is 1.53 bits per heavy atom. The van der Waals surface area contributed by atoms with Crippen LogP contribution in [0, 0.1) is 5.82 Å². The molecule has 1 fully saturated rings. The van der Waals surface area contributed by atoms with Crippen molar-refractivity contribution >= 4 is 5.91 Å². The number of amides is 1. The van der Waals surface area contributed by atoms with E-state index in [9.17, 15) is 9.18 Å². The first-order valence-corrected chi connectivity index (χ1v) is 6.83. The third-order valence-electron chi connectivity index (χ3n) is 3.48. The fraction of sp³-hybridized carbons (Fsp3) is 0.571. The number of carbonyl (C=O) groups is 1. The molecule has 0 spiro atoms. The number of nitrogens with one attached hydrogen (secondary N) is 1. The van der Waals surface area contributed by atoms with Gasteiger partial charge in [-0.1, -0.05) is 6.92 Å². The lowest BCUT2D eigenvalue weighted by atomic mass is 10.0. The van der Waals surface area contributed by atoms with Gasteiger partial charge in [-0.05, 0) is 31.9 Å². The molecule has 2 rings (SSSR count). The predicted molar refractivity (Wildman–Crippen MR) is 71.4 cm³/mol. The van der Waals surface area contributed by atoms with E-state index in [-0.39, 0.29) is 17.5 Å². The summed E-state index contributed by atoms with van der Waals surface area (Å²) in [4.78, 5) is 18.0. The van der Waals surface area contributed by atoms with Crippen molar-refractivity contribution in [2.75, 3.05) is 19.6 Å². The second kappa shape index (κ2) is 6.61. The Morgan fingerprint density at radius 2 is 2.26 bits per heavy atom. The lowest BCUT2D eigenvalue weighted by molar-refractivity contribution is 0.0907. The normalized spacial score (nSPS) is 17.4. The van der Waals surface area contributed by atoms with Gasteiger partial charge in [0.15, 0.2) is 5.82 Å². The topological polar surface area (TPSA) is 45.2 Å². The van der Waals surface area contributed by atoms with Gasteiger partial charge in [0, 0.05) is 25.3 Å². The van der Waals surface area contributed by atoms with Gasteiger partial charge in [-0.3, -0.25) is 9.78 Å². The first kappa shape index (κ1) is 13.9. The highest BCUT2D eigenvalue weighted by Crippen LogP contribution is 2.12. The average molecular weight is 265 g/mol. The molecule has 0 bridgehead atoms. The Labute approximate surface area is 113 Å². The number of pyridine rings is 1. The van der Waals surface area contributed by atoms with E-state index in [1.54, 1.807) is 0 Å². The minimum Gasteiger partial charge on any atom is -0.349 e. The number of aromatic nitrogens is 1. The molecule has 1 saturated heterocycles. The maximum Gasteiger partial charge on any atom is 0.254 e. The summed E-state index contributed by atoms with van der Waals surface area (Å²) >= 11 is 0. The van der Waals surface area contributed by atoms with Crippen LogP contribution in [0.5, 0.6) is 0 Å². The first-order valence-electron chi connectivity index (χ1n) is 6.83. The Hall–Kier alpha value is -1.49. The molecule has 0 atom stereocenters. The zero-order valence-electron chi connectivity index (χ0n) is 11.2. The summed E-state index contributed by atoms with van der Waals surface area (Å²) in [6.45, 7) is 5.27. The number of hydrogen-bond acceptors (Lipinski definition) is 3. The van der Waals surface area contributed by atoms with Crippen LogP contribution in [-0.4, -0.2) is 41.5 Å². The van der Waals surface area contributed by atoms with Gasteiger partial charge in [0.1, 0.15) is 0 Å². The molecule has 0 unspecified atom stereocenters. The summed E-state index contributed by atoms with van der Waals surface area (Å²) in [7, 11) is 0. The molecule has 1 aliphatic heterocycles. The van der Waals surface area contributed by atoms with E-state index in [1.165, 1.54) is 12.3 Å². The second-order valence-electron chi connectivity index (χ2n) is 4.94. The molecule has 1 amide bonds. The van der Waals surface area contributed by atoms with Crippen molar-refractivity contribution in [1.82, 2.24) is 15.2 Å². The summed E-state index contributed by atoms with van der Waals surface area (Å²) in [6, 6.07) is 1.56. The summed E-state index contributed by atoms with van der Waals surface area (Å²) in [5.74, 6) is -0.905. The van der Waals surface area contributed by atoms with Crippen molar-refractivity contribution in [2.45, 2.75) is 32.2 Å². The highest BCUT2D eigenvalue weighted by Gasteiger charge is 2.21. The summed E-state index contributed by atoms with van der Waals surface area (Å²) in [5, 5.41) is 2.91. The van der Waals surface area contributed by atoms with Gasteiger partial charge in [-0.25, -0.2) is 4.39 Å². The van der Waals surface area contributed by atoms with Crippen LogP contribution in [-0.2, 0) is 0 Å². The number of likely N-dealkylation sites (tertiary alicyclic amines) is 1. The van der Waals surface area contributed by atoms with Gasteiger partial charge >= 0.3 is 0 Å². The molecule has 1 aromatic rings. The molecule has 19 heavy (non-hydrogen) atoms. The van der Waals surface area contributed by atoms with E-state index < -0.39 is 5.82 Å². The minimum atomic E-state index is -0.566. The Morgan fingerprint density at radius 3 is 2.89 bits per heavy atom. The van der Waals surface area contributed by atoms with Gasteiger partial charge in [0.2, 0.25) is 0 Å². The van der Waals surface area contributed by atoms with E-state index in [4.69, 9.17) is 0 Å². The van der Waals surface area contributed by atoms with Crippen LogP contribution >= 0.6 is 0 Å². The maximum absolute atomic E-state index is 13.4. The van der Waals surface area contributed by atoms with E-state index in [0.29, 0.717) is 0 Å². The molecule has 104 valence electrons. The molecule has 1 aromatic heterocycles. The SMILES string of the molecule is CCCN1CCC(NC(=O)c2ccncc2F)CC1. The monoisotopic (exact) mass is 265 g/mol. The van der Waals surface area contributed by atoms with Crippen LogP contribution in [0.3, 0.4) is 0 Å². The number of piperidine rings is 1. The zero-order chi connectivity index (χ0) is 13.7. The highest BCUT2D eigenvalue weighted by molar-refractivity contribution is 5.94. The fourth-order valence-corrected chi connectivity index (χ4v) is 2.44. The lowest BCUT2D eigenvalue weighted by Crippen LogP contribution is -2.44. The summed E-state index contributed by atoms with van der Waals surface area (Å²) in [6.07, 6.45) is 5.51. The van der Waals surface area contributed by atoms with Crippen LogP contribution in [0.2, 0.25) is 0 Å². The fourth-order valence-electron chi connectivity index (χ4n) is 2.44. The van der Waals surface area contributed by atoms with E-state index in [2.05, 4.69) is 22.1 Å².